The van der Waals surface area contributed by atoms with Gasteiger partial charge in [0.15, 0.2) is 0 Å². The van der Waals surface area contributed by atoms with Gasteiger partial charge >= 0.3 is 0 Å². The zero-order valence-electron chi connectivity index (χ0n) is 15.4. The smallest absolute Gasteiger partial charge is 0.226 e. The molecule has 1 aliphatic heterocycles. The number of carbonyl (C=O) groups excluding carboxylic acids is 1. The largest absolute Gasteiger partial charge is 0.342 e. The molecule has 1 aromatic heterocycles. The van der Waals surface area contributed by atoms with E-state index in [-0.39, 0.29) is 5.91 Å². The van der Waals surface area contributed by atoms with Crippen molar-refractivity contribution < 1.29 is 4.79 Å². The van der Waals surface area contributed by atoms with E-state index in [4.69, 9.17) is 0 Å². The number of amides is 1. The number of nitrogens with zero attached hydrogens (tertiary/aromatic N) is 3. The van der Waals surface area contributed by atoms with Crippen molar-refractivity contribution >= 4 is 5.91 Å². The van der Waals surface area contributed by atoms with E-state index in [0.717, 1.165) is 42.9 Å². The molecule has 4 nitrogen and oxygen atoms in total. The molecular weight excluding hydrogens is 310 g/mol. The molecule has 1 amide bonds. The van der Waals surface area contributed by atoms with E-state index in [2.05, 4.69) is 48.3 Å². The topological polar surface area (TPSA) is 46.1 Å². The number of carbonyl (C=O) groups is 1. The molecule has 0 N–H and O–H groups in total. The fourth-order valence-electron chi connectivity index (χ4n) is 3.36. The van der Waals surface area contributed by atoms with E-state index in [9.17, 15) is 4.79 Å². The standard InChI is InChI=1S/C21H27N3O/c1-15(2)19-7-5-17(6-8-19)13-21(25)24-11-10-18(14-24)12-20-9-4-16(3)22-23-20/h4-9,15,18H,10-14H2,1-3H3/t18-/m0/s1. The van der Waals surface area contributed by atoms with E-state index in [1.54, 1.807) is 0 Å². The van der Waals surface area contributed by atoms with Crippen LogP contribution in [0.25, 0.3) is 0 Å². The highest BCUT2D eigenvalue weighted by atomic mass is 16.2. The van der Waals surface area contributed by atoms with Gasteiger partial charge in [-0.1, -0.05) is 38.1 Å². The Balaban J connectivity index is 1.52. The van der Waals surface area contributed by atoms with Gasteiger partial charge in [0.2, 0.25) is 5.91 Å². The van der Waals surface area contributed by atoms with Gasteiger partial charge in [0.25, 0.3) is 0 Å². The minimum atomic E-state index is 0.231. The third-order valence-electron chi connectivity index (χ3n) is 4.99. The maximum atomic E-state index is 12.6. The number of rotatable bonds is 5. The average Bonchev–Trinajstić information content (AvgIpc) is 3.06. The Morgan fingerprint density at radius 2 is 1.92 bits per heavy atom. The number of hydrogen-bond donors (Lipinski definition) is 0. The lowest BCUT2D eigenvalue weighted by Gasteiger charge is -2.17. The van der Waals surface area contributed by atoms with Crippen LogP contribution in [0, 0.1) is 12.8 Å². The summed E-state index contributed by atoms with van der Waals surface area (Å²) in [6.07, 6.45) is 2.45. The molecule has 132 valence electrons. The Hall–Kier alpha value is -2.23. The van der Waals surface area contributed by atoms with E-state index in [1.165, 1.54) is 5.56 Å². The van der Waals surface area contributed by atoms with Crippen molar-refractivity contribution in [1.82, 2.24) is 15.1 Å². The lowest BCUT2D eigenvalue weighted by atomic mass is 10.0. The van der Waals surface area contributed by atoms with Crippen LogP contribution in [0.15, 0.2) is 36.4 Å². The van der Waals surface area contributed by atoms with Gasteiger partial charge < -0.3 is 4.90 Å². The molecule has 3 rings (SSSR count). The average molecular weight is 337 g/mol. The van der Waals surface area contributed by atoms with Crippen LogP contribution in [0.4, 0.5) is 0 Å². The van der Waals surface area contributed by atoms with Crippen molar-refractivity contribution in [3.8, 4) is 0 Å². The Labute approximate surface area is 150 Å². The van der Waals surface area contributed by atoms with E-state index in [1.807, 2.05) is 24.0 Å². The Bertz CT molecular complexity index is 707. The molecule has 0 saturated carbocycles. The number of benzene rings is 1. The zero-order chi connectivity index (χ0) is 17.8. The number of aryl methyl sites for hydroxylation is 1. The van der Waals surface area contributed by atoms with Crippen LogP contribution in [-0.4, -0.2) is 34.1 Å². The first-order valence-electron chi connectivity index (χ1n) is 9.17. The van der Waals surface area contributed by atoms with Gasteiger partial charge in [0, 0.05) is 13.1 Å². The summed E-state index contributed by atoms with van der Waals surface area (Å²) < 4.78 is 0. The molecule has 1 aliphatic rings. The lowest BCUT2D eigenvalue weighted by molar-refractivity contribution is -0.129. The molecular formula is C21H27N3O. The SMILES string of the molecule is Cc1ccc(C[C@@H]2CCN(C(=O)Cc3ccc(C(C)C)cc3)C2)nn1. The van der Waals surface area contributed by atoms with Crippen molar-refractivity contribution in [2.75, 3.05) is 13.1 Å². The highest BCUT2D eigenvalue weighted by molar-refractivity contribution is 5.79. The molecule has 0 bridgehead atoms. The summed E-state index contributed by atoms with van der Waals surface area (Å²) >= 11 is 0. The zero-order valence-corrected chi connectivity index (χ0v) is 15.4. The summed E-state index contributed by atoms with van der Waals surface area (Å²) in [6, 6.07) is 12.5. The summed E-state index contributed by atoms with van der Waals surface area (Å²) in [5.41, 5.74) is 4.38. The van der Waals surface area contributed by atoms with Gasteiger partial charge in [-0.2, -0.15) is 10.2 Å². The van der Waals surface area contributed by atoms with Crippen molar-refractivity contribution in [3.63, 3.8) is 0 Å². The molecule has 0 aliphatic carbocycles. The van der Waals surface area contributed by atoms with Crippen molar-refractivity contribution in [3.05, 3.63) is 58.9 Å². The Morgan fingerprint density at radius 1 is 1.16 bits per heavy atom. The predicted molar refractivity (Wildman–Crippen MR) is 99.4 cm³/mol. The molecule has 1 atom stereocenters. The molecule has 4 heteroatoms. The minimum Gasteiger partial charge on any atom is -0.342 e. The van der Waals surface area contributed by atoms with Gasteiger partial charge in [-0.15, -0.1) is 0 Å². The normalized spacial score (nSPS) is 17.3. The quantitative estimate of drug-likeness (QED) is 0.838. The van der Waals surface area contributed by atoms with Crippen molar-refractivity contribution in [2.45, 2.75) is 46.0 Å². The van der Waals surface area contributed by atoms with Gasteiger partial charge in [-0.3, -0.25) is 4.79 Å². The number of hydrogen-bond acceptors (Lipinski definition) is 3. The first-order valence-corrected chi connectivity index (χ1v) is 9.17. The van der Waals surface area contributed by atoms with Crippen LogP contribution in [0.3, 0.4) is 0 Å². The third-order valence-corrected chi connectivity index (χ3v) is 4.99. The van der Waals surface area contributed by atoms with Crippen molar-refractivity contribution in [1.29, 1.82) is 0 Å². The fraction of sp³-hybridized carbons (Fsp3) is 0.476. The molecule has 1 saturated heterocycles. The van der Waals surface area contributed by atoms with Gasteiger partial charge in [-0.05, 0) is 54.9 Å². The maximum Gasteiger partial charge on any atom is 0.226 e. The summed E-state index contributed by atoms with van der Waals surface area (Å²) in [4.78, 5) is 14.6. The number of aromatic nitrogens is 2. The van der Waals surface area contributed by atoms with E-state index in [0.29, 0.717) is 18.3 Å². The predicted octanol–water partition coefficient (Wildman–Crippen LogP) is 3.54. The van der Waals surface area contributed by atoms with Crippen LogP contribution in [0.1, 0.15) is 48.7 Å². The molecule has 0 unspecified atom stereocenters. The lowest BCUT2D eigenvalue weighted by Crippen LogP contribution is -2.30. The Kier molecular flexibility index (Phi) is 5.47. The highest BCUT2D eigenvalue weighted by Gasteiger charge is 2.26. The summed E-state index contributed by atoms with van der Waals surface area (Å²) in [5, 5.41) is 8.37. The monoisotopic (exact) mass is 337 g/mol. The highest BCUT2D eigenvalue weighted by Crippen LogP contribution is 2.21. The molecule has 0 spiro atoms. The second kappa shape index (κ2) is 7.77. The molecule has 2 heterocycles. The maximum absolute atomic E-state index is 12.6. The molecule has 2 aromatic rings. The van der Waals surface area contributed by atoms with Gasteiger partial charge in [0.1, 0.15) is 0 Å². The van der Waals surface area contributed by atoms with Crippen LogP contribution < -0.4 is 0 Å². The minimum absolute atomic E-state index is 0.231. The molecule has 25 heavy (non-hydrogen) atoms. The molecule has 1 aromatic carbocycles. The Morgan fingerprint density at radius 3 is 2.56 bits per heavy atom. The first-order chi connectivity index (χ1) is 12.0. The summed E-state index contributed by atoms with van der Waals surface area (Å²) in [6.45, 7) is 8.00. The van der Waals surface area contributed by atoms with Crippen LogP contribution in [0.2, 0.25) is 0 Å². The van der Waals surface area contributed by atoms with Gasteiger partial charge in [-0.25, -0.2) is 0 Å². The van der Waals surface area contributed by atoms with Crippen LogP contribution in [0.5, 0.6) is 0 Å². The van der Waals surface area contributed by atoms with Crippen LogP contribution in [-0.2, 0) is 17.6 Å². The molecule has 0 radical (unpaired) electrons. The summed E-state index contributed by atoms with van der Waals surface area (Å²) in [7, 11) is 0. The third kappa shape index (κ3) is 4.65. The molecule has 1 fully saturated rings. The van der Waals surface area contributed by atoms with Gasteiger partial charge in [0.05, 0.1) is 17.8 Å². The van der Waals surface area contributed by atoms with E-state index < -0.39 is 0 Å². The fourth-order valence-corrected chi connectivity index (χ4v) is 3.36. The van der Waals surface area contributed by atoms with Crippen LogP contribution >= 0.6 is 0 Å². The van der Waals surface area contributed by atoms with E-state index >= 15 is 0 Å². The van der Waals surface area contributed by atoms with Crippen molar-refractivity contribution in [2.24, 2.45) is 5.92 Å². The number of likely N-dealkylation sites (tertiary alicyclic amines) is 1. The first kappa shape index (κ1) is 17.6. The second-order valence-electron chi connectivity index (χ2n) is 7.44. The summed E-state index contributed by atoms with van der Waals surface area (Å²) in [5.74, 6) is 1.24. The second-order valence-corrected chi connectivity index (χ2v) is 7.44.